The number of methoxy groups -OCH3 is 2. The Kier molecular flexibility index (Phi) is 11.3. The first-order valence-electron chi connectivity index (χ1n) is 10.2. The van der Waals surface area contributed by atoms with Gasteiger partial charge >= 0.3 is 17.9 Å². The maximum atomic E-state index is 13.0. The van der Waals surface area contributed by atoms with Crippen molar-refractivity contribution in [2.45, 2.75) is 19.8 Å². The molecule has 10 heteroatoms. The van der Waals surface area contributed by atoms with Crippen molar-refractivity contribution in [1.82, 2.24) is 9.80 Å². The molecule has 182 valence electrons. The lowest BCUT2D eigenvalue weighted by Crippen LogP contribution is -2.19. The van der Waals surface area contributed by atoms with Crippen LogP contribution < -0.4 is 9.47 Å². The lowest BCUT2D eigenvalue weighted by Gasteiger charge is -2.18. The summed E-state index contributed by atoms with van der Waals surface area (Å²) in [6, 6.07) is 4.50. The van der Waals surface area contributed by atoms with E-state index in [-0.39, 0.29) is 35.2 Å². The molecule has 0 N–H and O–H groups in total. The smallest absolute Gasteiger partial charge is 0.375 e. The fourth-order valence-corrected chi connectivity index (χ4v) is 2.41. The molecule has 0 fully saturated rings. The molecule has 33 heavy (non-hydrogen) atoms. The van der Waals surface area contributed by atoms with Crippen LogP contribution in [0.3, 0.4) is 0 Å². The van der Waals surface area contributed by atoms with E-state index in [9.17, 15) is 14.4 Å². The van der Waals surface area contributed by atoms with Gasteiger partial charge in [0, 0.05) is 40.6 Å². The third kappa shape index (κ3) is 8.76. The molecule has 0 atom stereocenters. The molecule has 1 rings (SSSR count). The molecule has 0 unspecified atom stereocenters. The number of ether oxygens (including phenoxy) is 5. The van der Waals surface area contributed by atoms with Crippen LogP contribution in [0.2, 0.25) is 0 Å². The molecule has 0 aliphatic heterocycles. The summed E-state index contributed by atoms with van der Waals surface area (Å²) in [5.41, 5.74) is -0.101. The fourth-order valence-electron chi connectivity index (χ4n) is 2.41. The molecular formula is C23H32N2O8. The Morgan fingerprint density at radius 3 is 1.67 bits per heavy atom. The molecule has 0 heterocycles. The Morgan fingerprint density at radius 1 is 0.848 bits per heavy atom. The van der Waals surface area contributed by atoms with Gasteiger partial charge in [0.15, 0.2) is 0 Å². The van der Waals surface area contributed by atoms with Crippen LogP contribution >= 0.6 is 0 Å². The molecule has 0 radical (unpaired) electrons. The standard InChI is InChI=1S/C23H32N2O8/c1-8-9-13-31-23(28)20-16(32-18(14-24(2)3)21(26)29-6)11-10-12-17(20)33-19(15-25(4)5)22(27)30-7/h10-12,14-15H,8-9,13H2,1-7H3. The highest BCUT2D eigenvalue weighted by molar-refractivity contribution is 5.97. The zero-order valence-corrected chi connectivity index (χ0v) is 20.2. The number of carbonyl (C=O) groups excluding carboxylic acids is 3. The predicted molar refractivity (Wildman–Crippen MR) is 120 cm³/mol. The van der Waals surface area contributed by atoms with Crippen molar-refractivity contribution in [1.29, 1.82) is 0 Å². The van der Waals surface area contributed by atoms with Crippen LogP contribution in [0.1, 0.15) is 30.1 Å². The van der Waals surface area contributed by atoms with E-state index >= 15 is 0 Å². The van der Waals surface area contributed by atoms with Crippen molar-refractivity contribution in [2.75, 3.05) is 49.0 Å². The minimum absolute atomic E-state index is 0.0124. The number of unbranched alkanes of at least 4 members (excludes halogenated alkanes) is 1. The lowest BCUT2D eigenvalue weighted by atomic mass is 10.1. The normalized spacial score (nSPS) is 11.4. The molecule has 0 saturated heterocycles. The highest BCUT2D eigenvalue weighted by atomic mass is 16.6. The predicted octanol–water partition coefficient (Wildman–Crippen LogP) is 2.55. The van der Waals surface area contributed by atoms with Gasteiger partial charge in [-0.25, -0.2) is 14.4 Å². The fraction of sp³-hybridized carbons (Fsp3) is 0.435. The van der Waals surface area contributed by atoms with Gasteiger partial charge in [0.1, 0.15) is 17.1 Å². The van der Waals surface area contributed by atoms with E-state index in [1.807, 2.05) is 6.92 Å². The van der Waals surface area contributed by atoms with Gasteiger partial charge in [0.2, 0.25) is 11.5 Å². The topological polar surface area (TPSA) is 104 Å². The minimum Gasteiger partial charge on any atom is -0.463 e. The zero-order valence-electron chi connectivity index (χ0n) is 20.2. The zero-order chi connectivity index (χ0) is 25.0. The minimum atomic E-state index is -0.747. The first-order valence-corrected chi connectivity index (χ1v) is 10.2. The number of nitrogens with zero attached hydrogens (tertiary/aromatic N) is 2. The monoisotopic (exact) mass is 464 g/mol. The number of rotatable bonds is 12. The van der Waals surface area contributed by atoms with Gasteiger partial charge in [0.05, 0.1) is 20.8 Å². The van der Waals surface area contributed by atoms with Gasteiger partial charge in [-0.1, -0.05) is 19.4 Å². The maximum Gasteiger partial charge on any atom is 0.375 e. The molecule has 0 saturated carbocycles. The van der Waals surface area contributed by atoms with Crippen molar-refractivity contribution in [2.24, 2.45) is 0 Å². The molecule has 0 bridgehead atoms. The number of carbonyl (C=O) groups is 3. The molecule has 0 aliphatic carbocycles. The first-order chi connectivity index (χ1) is 15.6. The second-order valence-electron chi connectivity index (χ2n) is 7.22. The summed E-state index contributed by atoms with van der Waals surface area (Å²) in [6.45, 7) is 2.14. The summed E-state index contributed by atoms with van der Waals surface area (Å²) in [7, 11) is 9.20. The summed E-state index contributed by atoms with van der Waals surface area (Å²) in [5, 5.41) is 0. The van der Waals surface area contributed by atoms with Gasteiger partial charge in [-0.15, -0.1) is 0 Å². The summed E-state index contributed by atoms with van der Waals surface area (Å²) >= 11 is 0. The van der Waals surface area contributed by atoms with Crippen molar-refractivity contribution in [3.8, 4) is 11.5 Å². The summed E-state index contributed by atoms with van der Waals surface area (Å²) in [5.74, 6) is -2.59. The molecular weight excluding hydrogens is 432 g/mol. The SMILES string of the molecule is CCCCOC(=O)c1c(OC(=CN(C)C)C(=O)OC)cccc1OC(=CN(C)C)C(=O)OC. The van der Waals surface area contributed by atoms with Crippen LogP contribution in [0.4, 0.5) is 0 Å². The second kappa shape index (κ2) is 13.7. The highest BCUT2D eigenvalue weighted by Crippen LogP contribution is 2.32. The van der Waals surface area contributed by atoms with E-state index in [0.29, 0.717) is 6.42 Å². The van der Waals surface area contributed by atoms with Crippen molar-refractivity contribution in [3.05, 3.63) is 47.7 Å². The van der Waals surface area contributed by atoms with Crippen molar-refractivity contribution < 1.29 is 38.1 Å². The summed E-state index contributed by atoms with van der Waals surface area (Å²) in [6.07, 6.45) is 4.28. The van der Waals surface area contributed by atoms with Crippen molar-refractivity contribution in [3.63, 3.8) is 0 Å². The summed E-state index contributed by atoms with van der Waals surface area (Å²) < 4.78 is 26.4. The van der Waals surface area contributed by atoms with Gasteiger partial charge in [0.25, 0.3) is 0 Å². The number of benzene rings is 1. The van der Waals surface area contributed by atoms with Gasteiger partial charge < -0.3 is 33.5 Å². The largest absolute Gasteiger partial charge is 0.463 e. The Bertz CT molecular complexity index is 832. The van der Waals surface area contributed by atoms with E-state index in [1.54, 1.807) is 44.1 Å². The molecule has 0 amide bonds. The van der Waals surface area contributed by atoms with Crippen LogP contribution in [-0.2, 0) is 23.8 Å². The van der Waals surface area contributed by atoms with E-state index in [2.05, 4.69) is 0 Å². The number of esters is 3. The molecule has 1 aromatic carbocycles. The lowest BCUT2D eigenvalue weighted by molar-refractivity contribution is -0.139. The number of hydrogen-bond donors (Lipinski definition) is 0. The Hall–Kier alpha value is -3.69. The quantitative estimate of drug-likeness (QED) is 0.151. The summed E-state index contributed by atoms with van der Waals surface area (Å²) in [4.78, 5) is 40.5. The van der Waals surface area contributed by atoms with E-state index in [4.69, 9.17) is 23.7 Å². The van der Waals surface area contributed by atoms with Crippen LogP contribution in [0.5, 0.6) is 11.5 Å². The van der Waals surface area contributed by atoms with Crippen LogP contribution in [0.15, 0.2) is 42.1 Å². The molecule has 10 nitrogen and oxygen atoms in total. The van der Waals surface area contributed by atoms with Crippen LogP contribution in [0, 0.1) is 0 Å². The van der Waals surface area contributed by atoms with Gasteiger partial charge in [-0.3, -0.25) is 0 Å². The van der Waals surface area contributed by atoms with Crippen molar-refractivity contribution >= 4 is 17.9 Å². The third-order valence-corrected chi connectivity index (χ3v) is 3.89. The average Bonchev–Trinajstić information content (AvgIpc) is 2.76. The first kappa shape index (κ1) is 27.3. The molecule has 0 aliphatic rings. The van der Waals surface area contributed by atoms with Crippen LogP contribution in [-0.4, -0.2) is 76.7 Å². The Labute approximate surface area is 194 Å². The molecule has 1 aromatic rings. The Morgan fingerprint density at radius 2 is 1.30 bits per heavy atom. The third-order valence-electron chi connectivity index (χ3n) is 3.89. The van der Waals surface area contributed by atoms with E-state index < -0.39 is 17.9 Å². The highest BCUT2D eigenvalue weighted by Gasteiger charge is 2.26. The second-order valence-corrected chi connectivity index (χ2v) is 7.22. The number of hydrogen-bond acceptors (Lipinski definition) is 10. The van der Waals surface area contributed by atoms with Crippen LogP contribution in [0.25, 0.3) is 0 Å². The van der Waals surface area contributed by atoms with Gasteiger partial charge in [-0.2, -0.15) is 0 Å². The molecule has 0 aromatic heterocycles. The molecule has 0 spiro atoms. The van der Waals surface area contributed by atoms with E-state index in [1.165, 1.54) is 38.8 Å². The Balaban J connectivity index is 3.55. The van der Waals surface area contributed by atoms with Gasteiger partial charge in [-0.05, 0) is 18.6 Å². The maximum absolute atomic E-state index is 13.0. The average molecular weight is 465 g/mol. The van der Waals surface area contributed by atoms with E-state index in [0.717, 1.165) is 6.42 Å².